The Hall–Kier alpha value is -1.55. The van der Waals surface area contributed by atoms with Crippen molar-refractivity contribution < 1.29 is 19.7 Å². The zero-order valence-corrected chi connectivity index (χ0v) is 10.8. The van der Waals surface area contributed by atoms with Crippen molar-refractivity contribution in [3.05, 3.63) is 29.8 Å². The molecule has 4 nitrogen and oxygen atoms in total. The second-order valence-corrected chi connectivity index (χ2v) is 4.20. The molecule has 1 aromatic rings. The van der Waals surface area contributed by atoms with E-state index in [-0.39, 0.29) is 0 Å². The Morgan fingerprint density at radius 1 is 1.33 bits per heavy atom. The minimum atomic E-state index is -0.974. The predicted molar refractivity (Wildman–Crippen MR) is 68.7 cm³/mol. The van der Waals surface area contributed by atoms with E-state index in [1.54, 1.807) is 24.3 Å². The van der Waals surface area contributed by atoms with Gasteiger partial charge in [-0.25, -0.2) is 4.79 Å². The summed E-state index contributed by atoms with van der Waals surface area (Å²) in [6.07, 6.45) is 0.255. The number of benzene rings is 1. The Labute approximate surface area is 107 Å². The summed E-state index contributed by atoms with van der Waals surface area (Å²) in [5.74, 6) is -0.523. The first-order chi connectivity index (χ1) is 8.60. The van der Waals surface area contributed by atoms with Crippen LogP contribution in [0, 0.1) is 0 Å². The van der Waals surface area contributed by atoms with Crippen molar-refractivity contribution in [3.8, 4) is 5.75 Å². The van der Waals surface area contributed by atoms with Gasteiger partial charge < -0.3 is 14.9 Å². The van der Waals surface area contributed by atoms with Gasteiger partial charge in [0, 0.05) is 5.56 Å². The van der Waals surface area contributed by atoms with Crippen LogP contribution in [0.5, 0.6) is 5.75 Å². The molecule has 0 heterocycles. The first-order valence-corrected chi connectivity index (χ1v) is 6.26. The third-order valence-corrected chi connectivity index (χ3v) is 2.76. The lowest BCUT2D eigenvalue weighted by molar-refractivity contribution is -0.145. The smallest absolute Gasteiger partial charge is 0.344 e. The van der Waals surface area contributed by atoms with Crippen molar-refractivity contribution in [1.29, 1.82) is 0 Å². The molecule has 0 bridgehead atoms. The van der Waals surface area contributed by atoms with Crippen molar-refractivity contribution in [3.63, 3.8) is 0 Å². The fourth-order valence-electron chi connectivity index (χ4n) is 1.73. The largest absolute Gasteiger partial charge is 0.479 e. The molecule has 2 atom stereocenters. The van der Waals surface area contributed by atoms with Gasteiger partial charge >= 0.3 is 5.97 Å². The van der Waals surface area contributed by atoms with Crippen LogP contribution in [0.2, 0.25) is 0 Å². The second kappa shape index (κ2) is 7.01. The maximum absolute atomic E-state index is 11.1. The lowest BCUT2D eigenvalue weighted by Gasteiger charge is -2.19. The number of aliphatic hydroxyl groups is 1. The zero-order valence-electron chi connectivity index (χ0n) is 10.8. The molecule has 0 aliphatic rings. The van der Waals surface area contributed by atoms with E-state index >= 15 is 0 Å². The lowest BCUT2D eigenvalue weighted by atomic mass is 10.1. The minimum absolute atomic E-state index is 0.450. The summed E-state index contributed by atoms with van der Waals surface area (Å²) in [5, 5.41) is 18.9. The van der Waals surface area contributed by atoms with Crippen LogP contribution in [0.25, 0.3) is 0 Å². The summed E-state index contributed by atoms with van der Waals surface area (Å²) < 4.78 is 5.51. The number of para-hydroxylation sites is 1. The highest BCUT2D eigenvalue weighted by atomic mass is 16.5. The number of aliphatic hydroxyl groups excluding tert-OH is 1. The van der Waals surface area contributed by atoms with E-state index in [4.69, 9.17) is 9.84 Å². The van der Waals surface area contributed by atoms with Gasteiger partial charge in [0.15, 0.2) is 6.10 Å². The Bertz CT molecular complexity index is 389. The van der Waals surface area contributed by atoms with Gasteiger partial charge in [-0.15, -0.1) is 0 Å². The van der Waals surface area contributed by atoms with Gasteiger partial charge in [0.25, 0.3) is 0 Å². The van der Waals surface area contributed by atoms with Gasteiger partial charge in [0.05, 0.1) is 6.10 Å². The second-order valence-electron chi connectivity index (χ2n) is 4.20. The van der Waals surface area contributed by atoms with Gasteiger partial charge in [0.2, 0.25) is 0 Å². The summed E-state index contributed by atoms with van der Waals surface area (Å²) >= 11 is 0. The summed E-state index contributed by atoms with van der Waals surface area (Å²) in [6.45, 7) is 3.77. The van der Waals surface area contributed by atoms with E-state index in [1.165, 1.54) is 0 Å². The van der Waals surface area contributed by atoms with Gasteiger partial charge in [-0.1, -0.05) is 38.5 Å². The molecule has 4 heteroatoms. The van der Waals surface area contributed by atoms with Crippen molar-refractivity contribution in [2.24, 2.45) is 0 Å². The van der Waals surface area contributed by atoms with Gasteiger partial charge in [-0.3, -0.25) is 0 Å². The maximum atomic E-state index is 11.1. The van der Waals surface area contributed by atoms with Crippen LogP contribution in [0.3, 0.4) is 0 Å². The highest BCUT2D eigenvalue weighted by molar-refractivity contribution is 5.72. The molecular formula is C14H20O4. The number of rotatable bonds is 7. The molecule has 0 spiro atoms. The van der Waals surface area contributed by atoms with Crippen molar-refractivity contribution in [2.75, 3.05) is 0 Å². The lowest BCUT2D eigenvalue weighted by Crippen LogP contribution is -2.27. The van der Waals surface area contributed by atoms with Crippen LogP contribution in [0.15, 0.2) is 24.3 Å². The summed E-state index contributed by atoms with van der Waals surface area (Å²) in [5.41, 5.74) is 0.641. The molecule has 0 aliphatic heterocycles. The molecule has 0 fully saturated rings. The van der Waals surface area contributed by atoms with Crippen LogP contribution in [0.4, 0.5) is 0 Å². The van der Waals surface area contributed by atoms with Crippen molar-refractivity contribution >= 4 is 5.97 Å². The SMILES string of the molecule is CCCC(Oc1ccccc1[C@@H](O)CC)C(=O)O. The predicted octanol–water partition coefficient (Wildman–Crippen LogP) is 2.76. The molecule has 0 saturated carbocycles. The molecule has 1 aromatic carbocycles. The first-order valence-electron chi connectivity index (χ1n) is 6.26. The summed E-state index contributed by atoms with van der Waals surface area (Å²) in [7, 11) is 0. The number of hydrogen-bond acceptors (Lipinski definition) is 3. The molecule has 0 aromatic heterocycles. The van der Waals surface area contributed by atoms with E-state index in [0.29, 0.717) is 24.2 Å². The number of carbonyl (C=O) groups is 1. The number of aliphatic carboxylic acids is 1. The summed E-state index contributed by atoms with van der Waals surface area (Å²) in [4.78, 5) is 11.1. The van der Waals surface area contributed by atoms with E-state index in [9.17, 15) is 9.90 Å². The quantitative estimate of drug-likeness (QED) is 0.783. The molecule has 1 unspecified atom stereocenters. The van der Waals surface area contributed by atoms with Gasteiger partial charge in [-0.2, -0.15) is 0 Å². The van der Waals surface area contributed by atoms with Crippen LogP contribution in [0.1, 0.15) is 44.8 Å². The fraction of sp³-hybridized carbons (Fsp3) is 0.500. The van der Waals surface area contributed by atoms with E-state index < -0.39 is 18.2 Å². The number of ether oxygens (including phenoxy) is 1. The molecule has 0 aliphatic carbocycles. The number of carboxylic acids is 1. The average molecular weight is 252 g/mol. The minimum Gasteiger partial charge on any atom is -0.479 e. The molecule has 0 amide bonds. The highest BCUT2D eigenvalue weighted by Crippen LogP contribution is 2.28. The number of hydrogen-bond donors (Lipinski definition) is 2. The van der Waals surface area contributed by atoms with Gasteiger partial charge in [0.1, 0.15) is 5.75 Å². The molecule has 100 valence electrons. The fourth-order valence-corrected chi connectivity index (χ4v) is 1.73. The molecule has 0 radical (unpaired) electrons. The molecular weight excluding hydrogens is 232 g/mol. The standard InChI is InChI=1S/C14H20O4/c1-3-7-13(14(16)17)18-12-9-6-5-8-10(12)11(15)4-2/h5-6,8-9,11,13,15H,3-4,7H2,1-2H3,(H,16,17)/t11-,13?/m0/s1. The third-order valence-electron chi connectivity index (χ3n) is 2.76. The van der Waals surface area contributed by atoms with Crippen LogP contribution < -0.4 is 4.74 Å². The zero-order chi connectivity index (χ0) is 13.5. The number of carboxylic acid groups (broad SMARTS) is 1. The monoisotopic (exact) mass is 252 g/mol. The Kier molecular flexibility index (Phi) is 5.65. The van der Waals surface area contributed by atoms with Crippen LogP contribution in [-0.2, 0) is 4.79 Å². The average Bonchev–Trinajstić information content (AvgIpc) is 2.37. The Balaban J connectivity index is 2.91. The molecule has 2 N–H and O–H groups in total. The van der Waals surface area contributed by atoms with Crippen molar-refractivity contribution in [2.45, 2.75) is 45.3 Å². The van der Waals surface area contributed by atoms with Gasteiger partial charge in [-0.05, 0) is 18.9 Å². The normalized spacial score (nSPS) is 13.9. The first kappa shape index (κ1) is 14.5. The topological polar surface area (TPSA) is 66.8 Å². The third kappa shape index (κ3) is 3.74. The van der Waals surface area contributed by atoms with E-state index in [0.717, 1.165) is 6.42 Å². The Morgan fingerprint density at radius 3 is 2.56 bits per heavy atom. The van der Waals surface area contributed by atoms with Crippen molar-refractivity contribution in [1.82, 2.24) is 0 Å². The highest BCUT2D eigenvalue weighted by Gasteiger charge is 2.20. The molecule has 1 rings (SSSR count). The van der Waals surface area contributed by atoms with E-state index in [2.05, 4.69) is 0 Å². The maximum Gasteiger partial charge on any atom is 0.344 e. The molecule has 18 heavy (non-hydrogen) atoms. The molecule has 0 saturated heterocycles. The van der Waals surface area contributed by atoms with Crippen LogP contribution >= 0.6 is 0 Å². The van der Waals surface area contributed by atoms with E-state index in [1.807, 2.05) is 13.8 Å². The van der Waals surface area contributed by atoms with Crippen LogP contribution in [-0.4, -0.2) is 22.3 Å². The Morgan fingerprint density at radius 2 is 2.00 bits per heavy atom. The summed E-state index contributed by atoms with van der Waals surface area (Å²) in [6, 6.07) is 7.02.